The molecule has 1 saturated carbocycles. The Morgan fingerprint density at radius 2 is 1.91 bits per heavy atom. The fourth-order valence-corrected chi connectivity index (χ4v) is 4.26. The minimum atomic E-state index is -0.431. The van der Waals surface area contributed by atoms with Crippen molar-refractivity contribution >= 4 is 17.4 Å². The molecule has 7 nitrogen and oxygen atoms in total. The van der Waals surface area contributed by atoms with Gasteiger partial charge < -0.3 is 10.1 Å². The molecule has 0 radical (unpaired) electrons. The van der Waals surface area contributed by atoms with E-state index in [1.165, 1.54) is 45.3 Å². The molecule has 2 heterocycles. The molecular weight excluding hydrogens is 421 g/mol. The molecular formula is C25H30FN5O2. The molecule has 1 aliphatic rings. The number of hydrogen-bond acceptors (Lipinski definition) is 6. The third kappa shape index (κ3) is 5.56. The lowest BCUT2D eigenvalue weighted by Gasteiger charge is -2.21. The van der Waals surface area contributed by atoms with E-state index in [2.05, 4.69) is 20.4 Å². The van der Waals surface area contributed by atoms with Crippen molar-refractivity contribution in [3.05, 3.63) is 59.4 Å². The number of halogens is 1. The Labute approximate surface area is 193 Å². The van der Waals surface area contributed by atoms with Gasteiger partial charge in [-0.1, -0.05) is 26.2 Å². The maximum absolute atomic E-state index is 14.7. The van der Waals surface area contributed by atoms with Crippen LogP contribution in [0.5, 0.6) is 5.75 Å². The van der Waals surface area contributed by atoms with Crippen molar-refractivity contribution in [1.29, 1.82) is 0 Å². The van der Waals surface area contributed by atoms with Crippen molar-refractivity contribution in [3.63, 3.8) is 0 Å². The summed E-state index contributed by atoms with van der Waals surface area (Å²) in [5.74, 6) is 0.110. The lowest BCUT2D eigenvalue weighted by atomic mass is 9.96. The maximum Gasteiger partial charge on any atom is 0.227 e. The number of aryl methyl sites for hydroxylation is 2. The second-order valence-corrected chi connectivity index (χ2v) is 8.47. The highest BCUT2D eigenvalue weighted by Crippen LogP contribution is 2.28. The first-order valence-corrected chi connectivity index (χ1v) is 11.6. The van der Waals surface area contributed by atoms with E-state index >= 15 is 0 Å². The Morgan fingerprint density at radius 1 is 1.15 bits per heavy atom. The van der Waals surface area contributed by atoms with Gasteiger partial charge in [-0.05, 0) is 48.9 Å². The molecule has 8 heteroatoms. The smallest absolute Gasteiger partial charge is 0.227 e. The molecule has 1 aromatic carbocycles. The quantitative estimate of drug-likeness (QED) is 0.436. The number of ether oxygens (including phenoxy) is 1. The number of nitrogens with one attached hydrogen (secondary N) is 1. The van der Waals surface area contributed by atoms with Crippen molar-refractivity contribution < 1.29 is 13.9 Å². The Bertz CT molecular complexity index is 1090. The minimum absolute atomic E-state index is 0.0416. The van der Waals surface area contributed by atoms with Crippen LogP contribution in [0.4, 0.5) is 16.0 Å². The lowest BCUT2D eigenvalue weighted by molar-refractivity contribution is 0.0987. The van der Waals surface area contributed by atoms with Crippen LogP contribution < -0.4 is 10.1 Å². The highest BCUT2D eigenvalue weighted by Gasteiger charge is 2.17. The average Bonchev–Trinajstić information content (AvgIpc) is 3.33. The van der Waals surface area contributed by atoms with E-state index in [1.807, 2.05) is 10.9 Å². The molecule has 0 aliphatic heterocycles. The molecule has 4 rings (SSSR count). The summed E-state index contributed by atoms with van der Waals surface area (Å²) in [6.07, 6.45) is 14.8. The number of nitrogens with zero attached hydrogens (tertiary/aromatic N) is 4. The van der Waals surface area contributed by atoms with E-state index in [0.717, 1.165) is 11.3 Å². The lowest BCUT2D eigenvalue weighted by Crippen LogP contribution is -2.12. The summed E-state index contributed by atoms with van der Waals surface area (Å²) in [6.45, 7) is 1.78. The van der Waals surface area contributed by atoms with Crippen molar-refractivity contribution in [1.82, 2.24) is 19.7 Å². The van der Waals surface area contributed by atoms with Gasteiger partial charge in [0.25, 0.3) is 0 Å². The number of aromatic nitrogens is 4. The van der Waals surface area contributed by atoms with Gasteiger partial charge in [-0.15, -0.1) is 0 Å². The number of anilines is 2. The molecule has 1 aliphatic carbocycles. The van der Waals surface area contributed by atoms with E-state index in [9.17, 15) is 9.18 Å². The third-order valence-corrected chi connectivity index (χ3v) is 6.17. The molecule has 0 amide bonds. The summed E-state index contributed by atoms with van der Waals surface area (Å²) in [6, 6.07) is 3.55. The van der Waals surface area contributed by atoms with Crippen LogP contribution in [0.1, 0.15) is 73.0 Å². The number of carbonyl (C=O) groups is 1. The zero-order valence-corrected chi connectivity index (χ0v) is 19.2. The van der Waals surface area contributed by atoms with Gasteiger partial charge in [-0.25, -0.2) is 14.4 Å². The zero-order chi connectivity index (χ0) is 23.2. The molecule has 1 N–H and O–H groups in total. The topological polar surface area (TPSA) is 81.9 Å². The van der Waals surface area contributed by atoms with Gasteiger partial charge >= 0.3 is 0 Å². The third-order valence-electron chi connectivity index (χ3n) is 6.17. The van der Waals surface area contributed by atoms with Crippen LogP contribution in [-0.2, 0) is 12.8 Å². The largest absolute Gasteiger partial charge is 0.494 e. The number of methoxy groups -OCH3 is 1. The fourth-order valence-electron chi connectivity index (χ4n) is 4.26. The molecule has 0 saturated heterocycles. The van der Waals surface area contributed by atoms with Crippen molar-refractivity contribution in [3.8, 4) is 5.75 Å². The summed E-state index contributed by atoms with van der Waals surface area (Å²) in [5, 5.41) is 7.69. The number of hydrogen-bond donors (Lipinski definition) is 1. The molecule has 0 unspecified atom stereocenters. The number of ketones is 1. The Hall–Kier alpha value is -3.29. The normalized spacial score (nSPS) is 14.3. The van der Waals surface area contributed by atoms with Crippen molar-refractivity contribution in [2.24, 2.45) is 0 Å². The van der Waals surface area contributed by atoms with Crippen LogP contribution in [0.15, 0.2) is 36.9 Å². The van der Waals surface area contributed by atoms with Crippen LogP contribution in [0.25, 0.3) is 0 Å². The summed E-state index contributed by atoms with van der Waals surface area (Å²) < 4.78 is 21.8. The molecule has 0 bridgehead atoms. The first-order valence-electron chi connectivity index (χ1n) is 11.6. The molecule has 0 spiro atoms. The predicted octanol–water partition coefficient (Wildman–Crippen LogP) is 5.45. The second kappa shape index (κ2) is 10.6. The molecule has 1 fully saturated rings. The maximum atomic E-state index is 14.7. The SMILES string of the molecule is CCC(=O)c1cc(CCc2cnc(Nc3cnn(C4CCCCC4)c3)nc2)c(F)c(OC)c1. The van der Waals surface area contributed by atoms with E-state index < -0.39 is 5.82 Å². The number of carbonyl (C=O) groups excluding carboxylic acids is 1. The number of benzene rings is 1. The van der Waals surface area contributed by atoms with Crippen LogP contribution in [0.3, 0.4) is 0 Å². The average molecular weight is 452 g/mol. The Balaban J connectivity index is 1.38. The van der Waals surface area contributed by atoms with Gasteiger partial charge in [-0.2, -0.15) is 5.10 Å². The minimum Gasteiger partial charge on any atom is -0.494 e. The molecule has 0 atom stereocenters. The molecule has 33 heavy (non-hydrogen) atoms. The van der Waals surface area contributed by atoms with Gasteiger partial charge in [0.15, 0.2) is 17.3 Å². The second-order valence-electron chi connectivity index (χ2n) is 8.47. The van der Waals surface area contributed by atoms with E-state index in [4.69, 9.17) is 4.74 Å². The molecule has 174 valence electrons. The van der Waals surface area contributed by atoms with Gasteiger partial charge in [0.2, 0.25) is 5.95 Å². The van der Waals surface area contributed by atoms with E-state index in [0.29, 0.717) is 42.4 Å². The molecule has 3 aromatic rings. The summed E-state index contributed by atoms with van der Waals surface area (Å²) in [7, 11) is 1.40. The standard InChI is InChI=1S/C25H30FN5O2/c1-3-22(32)19-11-18(24(26)23(12-19)33-2)10-9-17-13-27-25(28-14-17)30-20-15-29-31(16-20)21-7-5-4-6-8-21/h11-16,21H,3-10H2,1-2H3,(H,27,28,30). The van der Waals surface area contributed by atoms with Gasteiger partial charge in [-0.3, -0.25) is 9.48 Å². The summed E-state index contributed by atoms with van der Waals surface area (Å²) in [5.41, 5.74) is 2.66. The predicted molar refractivity (Wildman–Crippen MR) is 125 cm³/mol. The van der Waals surface area contributed by atoms with Gasteiger partial charge in [0.1, 0.15) is 0 Å². The monoisotopic (exact) mass is 451 g/mol. The van der Waals surface area contributed by atoms with Crippen LogP contribution in [0, 0.1) is 5.82 Å². The fraction of sp³-hybridized carbons (Fsp3) is 0.440. The summed E-state index contributed by atoms with van der Waals surface area (Å²) >= 11 is 0. The molecule has 2 aromatic heterocycles. The first kappa shape index (κ1) is 22.9. The number of rotatable bonds is 9. The highest BCUT2D eigenvalue weighted by atomic mass is 19.1. The van der Waals surface area contributed by atoms with Gasteiger partial charge in [0.05, 0.1) is 25.0 Å². The van der Waals surface area contributed by atoms with E-state index in [-0.39, 0.29) is 11.5 Å². The van der Waals surface area contributed by atoms with Crippen LogP contribution in [0.2, 0.25) is 0 Å². The van der Waals surface area contributed by atoms with Crippen LogP contribution in [-0.4, -0.2) is 32.6 Å². The number of Topliss-reactive ketones (excluding diaryl/α,β-unsaturated/α-hetero) is 1. The van der Waals surface area contributed by atoms with Crippen molar-refractivity contribution in [2.45, 2.75) is 64.3 Å². The van der Waals surface area contributed by atoms with Crippen molar-refractivity contribution in [2.75, 3.05) is 12.4 Å². The Kier molecular flexibility index (Phi) is 7.32. The van der Waals surface area contributed by atoms with Gasteiger partial charge in [0, 0.05) is 30.6 Å². The highest BCUT2D eigenvalue weighted by molar-refractivity contribution is 5.96. The first-order chi connectivity index (χ1) is 16.1. The summed E-state index contributed by atoms with van der Waals surface area (Å²) in [4.78, 5) is 20.9. The van der Waals surface area contributed by atoms with Crippen LogP contribution >= 0.6 is 0 Å². The Morgan fingerprint density at radius 3 is 2.61 bits per heavy atom. The zero-order valence-electron chi connectivity index (χ0n) is 19.2. The van der Waals surface area contributed by atoms with E-state index in [1.54, 1.807) is 31.6 Å².